The van der Waals surface area contributed by atoms with Crippen LogP contribution in [0.15, 0.2) is 29.3 Å². The molecule has 0 radical (unpaired) electrons. The molecule has 1 aromatic carbocycles. The minimum atomic E-state index is 0.513. The standard InChI is InChI=1S/C19H32N4O/c1-4-11-23-12-9-18(10-13-23)22-19(20-2)21-14-16-7-5-6-8-17(16)15-24-3/h5-8,18H,4,9-15H2,1-3H3,(H2,20,21,22). The maximum atomic E-state index is 5.27. The number of rotatable bonds is 7. The van der Waals surface area contributed by atoms with Crippen molar-refractivity contribution in [2.24, 2.45) is 4.99 Å². The van der Waals surface area contributed by atoms with Crippen LogP contribution in [0.5, 0.6) is 0 Å². The number of ether oxygens (including phenoxy) is 1. The summed E-state index contributed by atoms with van der Waals surface area (Å²) in [5.41, 5.74) is 2.47. The van der Waals surface area contributed by atoms with Crippen LogP contribution in [0.2, 0.25) is 0 Å². The average Bonchev–Trinajstić information content (AvgIpc) is 2.61. The zero-order chi connectivity index (χ0) is 17.2. The summed E-state index contributed by atoms with van der Waals surface area (Å²) in [6.45, 7) is 7.22. The predicted molar refractivity (Wildman–Crippen MR) is 100 cm³/mol. The fourth-order valence-corrected chi connectivity index (χ4v) is 3.21. The van der Waals surface area contributed by atoms with E-state index in [0.717, 1.165) is 12.5 Å². The minimum Gasteiger partial charge on any atom is -0.380 e. The molecule has 0 spiro atoms. The number of methoxy groups -OCH3 is 1. The van der Waals surface area contributed by atoms with Gasteiger partial charge in [0.2, 0.25) is 0 Å². The van der Waals surface area contributed by atoms with Crippen molar-refractivity contribution in [2.75, 3.05) is 33.8 Å². The predicted octanol–water partition coefficient (Wildman–Crippen LogP) is 2.37. The van der Waals surface area contributed by atoms with E-state index in [-0.39, 0.29) is 0 Å². The lowest BCUT2D eigenvalue weighted by Crippen LogP contribution is -2.48. The number of hydrogen-bond acceptors (Lipinski definition) is 3. The third-order valence-corrected chi connectivity index (χ3v) is 4.56. The van der Waals surface area contributed by atoms with Gasteiger partial charge in [0.25, 0.3) is 0 Å². The van der Waals surface area contributed by atoms with E-state index in [9.17, 15) is 0 Å². The Labute approximate surface area is 146 Å². The monoisotopic (exact) mass is 332 g/mol. The van der Waals surface area contributed by atoms with Crippen LogP contribution in [0.4, 0.5) is 0 Å². The molecule has 2 N–H and O–H groups in total. The quantitative estimate of drug-likeness (QED) is 0.594. The van der Waals surface area contributed by atoms with E-state index in [2.05, 4.69) is 51.7 Å². The van der Waals surface area contributed by atoms with Gasteiger partial charge in [-0.3, -0.25) is 4.99 Å². The zero-order valence-corrected chi connectivity index (χ0v) is 15.3. The number of aliphatic imine (C=N–C) groups is 1. The van der Waals surface area contributed by atoms with Gasteiger partial charge in [-0.1, -0.05) is 31.2 Å². The second-order valence-electron chi connectivity index (χ2n) is 6.39. The summed E-state index contributed by atoms with van der Waals surface area (Å²) in [4.78, 5) is 6.93. The van der Waals surface area contributed by atoms with Gasteiger partial charge in [-0.05, 0) is 36.9 Å². The van der Waals surface area contributed by atoms with Crippen molar-refractivity contribution in [3.63, 3.8) is 0 Å². The molecule has 1 aliphatic rings. The van der Waals surface area contributed by atoms with Crippen molar-refractivity contribution in [1.82, 2.24) is 15.5 Å². The SMILES string of the molecule is CCCN1CCC(NC(=NC)NCc2ccccc2COC)CC1. The summed E-state index contributed by atoms with van der Waals surface area (Å²) in [6.07, 6.45) is 3.60. The van der Waals surface area contributed by atoms with E-state index in [4.69, 9.17) is 4.74 Å². The topological polar surface area (TPSA) is 48.9 Å². The largest absolute Gasteiger partial charge is 0.380 e. The van der Waals surface area contributed by atoms with Gasteiger partial charge in [0, 0.05) is 39.8 Å². The van der Waals surface area contributed by atoms with Crippen LogP contribution in [0.3, 0.4) is 0 Å². The highest BCUT2D eigenvalue weighted by atomic mass is 16.5. The molecule has 1 aliphatic heterocycles. The fourth-order valence-electron chi connectivity index (χ4n) is 3.21. The molecule has 5 heteroatoms. The number of hydrogen-bond donors (Lipinski definition) is 2. The van der Waals surface area contributed by atoms with Crippen LogP contribution in [0.25, 0.3) is 0 Å². The molecule has 1 saturated heterocycles. The molecule has 0 aliphatic carbocycles. The second kappa shape index (κ2) is 10.3. The maximum absolute atomic E-state index is 5.27. The Hall–Kier alpha value is -1.59. The molecule has 0 unspecified atom stereocenters. The van der Waals surface area contributed by atoms with Crippen LogP contribution >= 0.6 is 0 Å². The Balaban J connectivity index is 1.81. The Morgan fingerprint density at radius 2 is 1.96 bits per heavy atom. The number of nitrogens with one attached hydrogen (secondary N) is 2. The summed E-state index contributed by atoms with van der Waals surface area (Å²) in [7, 11) is 3.57. The zero-order valence-electron chi connectivity index (χ0n) is 15.3. The van der Waals surface area contributed by atoms with Crippen molar-refractivity contribution >= 4 is 5.96 Å². The van der Waals surface area contributed by atoms with Crippen molar-refractivity contribution in [3.05, 3.63) is 35.4 Å². The molecule has 0 aromatic heterocycles. The summed E-state index contributed by atoms with van der Waals surface area (Å²) in [5, 5.41) is 7.01. The smallest absolute Gasteiger partial charge is 0.191 e. The Bertz CT molecular complexity index is 510. The van der Waals surface area contributed by atoms with E-state index in [1.54, 1.807) is 7.11 Å². The summed E-state index contributed by atoms with van der Waals surface area (Å²) < 4.78 is 5.27. The van der Waals surface area contributed by atoms with Crippen LogP contribution in [-0.4, -0.2) is 50.7 Å². The molecule has 24 heavy (non-hydrogen) atoms. The summed E-state index contributed by atoms with van der Waals surface area (Å²) in [5.74, 6) is 0.885. The van der Waals surface area contributed by atoms with Crippen molar-refractivity contribution in [1.29, 1.82) is 0 Å². The van der Waals surface area contributed by atoms with Gasteiger partial charge >= 0.3 is 0 Å². The van der Waals surface area contributed by atoms with Gasteiger partial charge in [-0.25, -0.2) is 0 Å². The Morgan fingerprint density at radius 3 is 2.58 bits per heavy atom. The second-order valence-corrected chi connectivity index (χ2v) is 6.39. The van der Waals surface area contributed by atoms with Crippen molar-refractivity contribution < 1.29 is 4.74 Å². The molecule has 2 rings (SSSR count). The summed E-state index contributed by atoms with van der Waals surface area (Å²) in [6, 6.07) is 8.88. The molecule has 134 valence electrons. The van der Waals surface area contributed by atoms with E-state index in [1.165, 1.54) is 50.0 Å². The first-order valence-electron chi connectivity index (χ1n) is 9.02. The Morgan fingerprint density at radius 1 is 1.25 bits per heavy atom. The van der Waals surface area contributed by atoms with E-state index < -0.39 is 0 Å². The van der Waals surface area contributed by atoms with Gasteiger partial charge in [-0.2, -0.15) is 0 Å². The van der Waals surface area contributed by atoms with Gasteiger partial charge in [0.1, 0.15) is 0 Å². The Kier molecular flexibility index (Phi) is 8.05. The first-order chi connectivity index (χ1) is 11.8. The van der Waals surface area contributed by atoms with E-state index in [1.807, 2.05) is 7.05 Å². The van der Waals surface area contributed by atoms with Gasteiger partial charge < -0.3 is 20.3 Å². The van der Waals surface area contributed by atoms with Crippen LogP contribution in [0.1, 0.15) is 37.3 Å². The number of piperidine rings is 1. The van der Waals surface area contributed by atoms with Gasteiger partial charge in [0.15, 0.2) is 5.96 Å². The molecule has 0 saturated carbocycles. The first-order valence-corrected chi connectivity index (χ1v) is 9.02. The van der Waals surface area contributed by atoms with Crippen LogP contribution in [0, 0.1) is 0 Å². The van der Waals surface area contributed by atoms with Gasteiger partial charge in [0.05, 0.1) is 6.61 Å². The van der Waals surface area contributed by atoms with Crippen molar-refractivity contribution in [2.45, 2.75) is 45.4 Å². The molecule has 0 atom stereocenters. The maximum Gasteiger partial charge on any atom is 0.191 e. The van der Waals surface area contributed by atoms with E-state index in [0.29, 0.717) is 12.6 Å². The summed E-state index contributed by atoms with van der Waals surface area (Å²) >= 11 is 0. The third-order valence-electron chi connectivity index (χ3n) is 4.56. The average molecular weight is 332 g/mol. The molecule has 0 amide bonds. The van der Waals surface area contributed by atoms with Crippen LogP contribution in [-0.2, 0) is 17.9 Å². The van der Waals surface area contributed by atoms with E-state index >= 15 is 0 Å². The highest BCUT2D eigenvalue weighted by molar-refractivity contribution is 5.80. The van der Waals surface area contributed by atoms with Crippen molar-refractivity contribution in [3.8, 4) is 0 Å². The first kappa shape index (κ1) is 18.7. The fraction of sp³-hybridized carbons (Fsp3) is 0.632. The molecule has 1 heterocycles. The molecule has 1 fully saturated rings. The molecule has 0 bridgehead atoms. The number of nitrogens with zero attached hydrogens (tertiary/aromatic N) is 2. The molecular formula is C19H32N4O. The minimum absolute atomic E-state index is 0.513. The lowest BCUT2D eigenvalue weighted by Gasteiger charge is -2.32. The number of benzene rings is 1. The molecular weight excluding hydrogens is 300 g/mol. The van der Waals surface area contributed by atoms with Crippen LogP contribution < -0.4 is 10.6 Å². The normalized spacial score (nSPS) is 17.0. The number of guanidine groups is 1. The highest BCUT2D eigenvalue weighted by Crippen LogP contribution is 2.11. The lowest BCUT2D eigenvalue weighted by atomic mass is 10.1. The lowest BCUT2D eigenvalue weighted by molar-refractivity contribution is 0.184. The highest BCUT2D eigenvalue weighted by Gasteiger charge is 2.19. The number of likely N-dealkylation sites (tertiary alicyclic amines) is 1. The third kappa shape index (κ3) is 5.80. The van der Waals surface area contributed by atoms with Gasteiger partial charge in [-0.15, -0.1) is 0 Å². The molecule has 1 aromatic rings. The molecule has 5 nitrogen and oxygen atoms in total.